The summed E-state index contributed by atoms with van der Waals surface area (Å²) in [5, 5.41) is 2.99. The van der Waals surface area contributed by atoms with Gasteiger partial charge < -0.3 is 0 Å². The molecule has 0 radical (unpaired) electrons. The van der Waals surface area contributed by atoms with Gasteiger partial charge in [0.25, 0.3) is 0 Å². The normalized spacial score (nSPS) is 17.2. The van der Waals surface area contributed by atoms with Crippen LogP contribution in [0, 0.1) is 0 Å². The minimum Gasteiger partial charge on any atom is -0.278 e. The van der Waals surface area contributed by atoms with Crippen molar-refractivity contribution in [3.63, 3.8) is 0 Å². The molecule has 282 valence electrons. The first kappa shape index (κ1) is 34.9. The number of fused-ring (bicyclic) bond motifs is 4. The van der Waals surface area contributed by atoms with Gasteiger partial charge in [-0.25, -0.2) is 9.97 Å². The lowest BCUT2D eigenvalue weighted by Crippen LogP contribution is -2.26. The fourth-order valence-corrected chi connectivity index (χ4v) is 11.7. The molecule has 6 nitrogen and oxygen atoms in total. The van der Waals surface area contributed by atoms with Crippen LogP contribution in [0.25, 0.3) is 50.1 Å². The van der Waals surface area contributed by atoms with Crippen molar-refractivity contribution in [2.45, 2.75) is 12.3 Å². The second kappa shape index (κ2) is 14.3. The van der Waals surface area contributed by atoms with Gasteiger partial charge in [0.05, 0.1) is 39.1 Å². The van der Waals surface area contributed by atoms with Crippen LogP contribution in [0.15, 0.2) is 212 Å². The lowest BCUT2D eigenvalue weighted by molar-refractivity contribution is 0.582. The van der Waals surface area contributed by atoms with Gasteiger partial charge in [-0.3, -0.25) is 18.5 Å². The molecule has 59 heavy (non-hydrogen) atoms. The highest BCUT2D eigenvalue weighted by molar-refractivity contribution is 7.76. The van der Waals surface area contributed by atoms with Crippen LogP contribution in [-0.2, 0) is 4.57 Å². The maximum atomic E-state index is 16.1. The Morgan fingerprint density at radius 2 is 1.12 bits per heavy atom. The molecule has 7 aromatic carbocycles. The SMILES string of the molecule is O=P1(c2ccccc2)N(c2ccccc2)c2ccc(-c3ccc4c(c3)c3ccccc3n4-c3nc(-c4ccccc4)cc(C4C=CC=CC4)n3)cc2N1c1ccccc1. The van der Waals surface area contributed by atoms with Crippen molar-refractivity contribution in [2.24, 2.45) is 0 Å². The molecule has 0 spiro atoms. The summed E-state index contributed by atoms with van der Waals surface area (Å²) >= 11 is 0. The fraction of sp³-hybridized carbons (Fsp3) is 0.0385. The second-order valence-electron chi connectivity index (χ2n) is 15.0. The van der Waals surface area contributed by atoms with Crippen LogP contribution in [-0.4, -0.2) is 14.5 Å². The summed E-state index contributed by atoms with van der Waals surface area (Å²) in [5.41, 5.74) is 10.6. The molecule has 2 unspecified atom stereocenters. The van der Waals surface area contributed by atoms with Crippen LogP contribution in [0.3, 0.4) is 0 Å². The quantitative estimate of drug-likeness (QED) is 0.151. The molecule has 1 aliphatic carbocycles. The summed E-state index contributed by atoms with van der Waals surface area (Å²) in [7, 11) is -3.48. The maximum absolute atomic E-state index is 16.1. The third kappa shape index (κ3) is 5.83. The van der Waals surface area contributed by atoms with E-state index in [-0.39, 0.29) is 5.92 Å². The third-order valence-electron chi connectivity index (χ3n) is 11.4. The van der Waals surface area contributed by atoms with Gasteiger partial charge in [0, 0.05) is 33.6 Å². The lowest BCUT2D eigenvalue weighted by atomic mass is 9.96. The Morgan fingerprint density at radius 1 is 0.508 bits per heavy atom. The monoisotopic (exact) mass is 779 g/mol. The highest BCUT2D eigenvalue weighted by Crippen LogP contribution is 2.70. The predicted molar refractivity (Wildman–Crippen MR) is 244 cm³/mol. The van der Waals surface area contributed by atoms with Crippen LogP contribution in [0.4, 0.5) is 22.7 Å². The van der Waals surface area contributed by atoms with Gasteiger partial charge in [0.15, 0.2) is 0 Å². The zero-order chi connectivity index (χ0) is 39.3. The van der Waals surface area contributed by atoms with E-state index in [1.807, 2.05) is 102 Å². The van der Waals surface area contributed by atoms with Gasteiger partial charge >= 0.3 is 7.44 Å². The van der Waals surface area contributed by atoms with Crippen LogP contribution < -0.4 is 14.6 Å². The molecule has 3 heterocycles. The Labute approximate surface area is 343 Å². The van der Waals surface area contributed by atoms with Crippen molar-refractivity contribution in [2.75, 3.05) is 9.34 Å². The molecule has 11 rings (SSSR count). The number of hydrogen-bond donors (Lipinski definition) is 0. The van der Waals surface area contributed by atoms with Gasteiger partial charge in [0.2, 0.25) is 5.95 Å². The summed E-state index contributed by atoms with van der Waals surface area (Å²) in [5.74, 6) is 0.811. The van der Waals surface area contributed by atoms with E-state index in [2.05, 4.69) is 125 Å². The number of nitrogens with zero attached hydrogens (tertiary/aromatic N) is 5. The summed E-state index contributed by atoms with van der Waals surface area (Å²) in [6.45, 7) is 0. The first-order chi connectivity index (χ1) is 29.1. The molecule has 0 fully saturated rings. The third-order valence-corrected chi connectivity index (χ3v) is 14.4. The highest BCUT2D eigenvalue weighted by Gasteiger charge is 2.49. The number of rotatable bonds is 7. The molecule has 0 saturated heterocycles. The molecular weight excluding hydrogens is 742 g/mol. The average molecular weight is 780 g/mol. The first-order valence-corrected chi connectivity index (χ1v) is 21.6. The minimum absolute atomic E-state index is 0.161. The summed E-state index contributed by atoms with van der Waals surface area (Å²) in [4.78, 5) is 10.5. The van der Waals surface area contributed by atoms with Crippen molar-refractivity contribution in [1.29, 1.82) is 0 Å². The standard InChI is InChI=1S/C52H38N5OP/c58-59(43-26-14-5-15-27-43)56(41-22-10-3-11-23-41)50-33-31-40(35-51(50)57(59)42-24-12-4-13-25-42)39-30-32-49-45(34-39)44-28-16-17-29-48(44)55(49)52-53-46(37-18-6-1-7-19-37)36-47(54-52)38-20-8-2-9-21-38/h1-20,22-36,38H,21H2. The van der Waals surface area contributed by atoms with E-state index in [1.165, 1.54) is 0 Å². The topological polar surface area (TPSA) is 54.3 Å². The average Bonchev–Trinajstić information content (AvgIpc) is 3.79. The molecule has 0 saturated carbocycles. The van der Waals surface area contributed by atoms with E-state index in [4.69, 9.17) is 9.97 Å². The molecule has 2 aromatic heterocycles. The number of aromatic nitrogens is 3. The molecule has 0 N–H and O–H groups in total. The molecule has 1 aliphatic heterocycles. The Balaban J connectivity index is 1.09. The zero-order valence-electron chi connectivity index (χ0n) is 32.1. The molecular formula is C52H38N5OP. The van der Waals surface area contributed by atoms with Crippen LogP contribution >= 0.6 is 7.44 Å². The summed E-state index contributed by atoms with van der Waals surface area (Å²) in [6.07, 6.45) is 9.53. The van der Waals surface area contributed by atoms with Gasteiger partial charge in [-0.05, 0) is 90.3 Å². The fourth-order valence-electron chi connectivity index (χ4n) is 8.68. The van der Waals surface area contributed by atoms with Crippen LogP contribution in [0.2, 0.25) is 0 Å². The molecule has 2 aliphatic rings. The van der Waals surface area contributed by atoms with Crippen molar-refractivity contribution in [3.8, 4) is 28.3 Å². The Kier molecular flexibility index (Phi) is 8.46. The van der Waals surface area contributed by atoms with Crippen molar-refractivity contribution < 1.29 is 4.57 Å². The summed E-state index contributed by atoms with van der Waals surface area (Å²) < 4.78 is 22.4. The molecule has 9 aromatic rings. The van der Waals surface area contributed by atoms with Gasteiger partial charge in [0.1, 0.15) is 0 Å². The molecule has 0 bridgehead atoms. The van der Waals surface area contributed by atoms with E-state index < -0.39 is 7.44 Å². The minimum atomic E-state index is -3.48. The van der Waals surface area contributed by atoms with E-state index in [1.54, 1.807) is 0 Å². The van der Waals surface area contributed by atoms with E-state index in [0.717, 1.165) is 84.4 Å². The zero-order valence-corrected chi connectivity index (χ0v) is 33.0. The van der Waals surface area contributed by atoms with Gasteiger partial charge in [-0.1, -0.05) is 140 Å². The summed E-state index contributed by atoms with van der Waals surface area (Å²) in [6, 6.07) is 64.2. The van der Waals surface area contributed by atoms with Crippen LogP contribution in [0.1, 0.15) is 18.0 Å². The van der Waals surface area contributed by atoms with E-state index in [0.29, 0.717) is 5.95 Å². The molecule has 7 heteroatoms. The number of hydrogen-bond acceptors (Lipinski definition) is 3. The van der Waals surface area contributed by atoms with Crippen molar-refractivity contribution >= 4 is 57.3 Å². The number of benzene rings is 7. The van der Waals surface area contributed by atoms with Crippen LogP contribution in [0.5, 0.6) is 0 Å². The first-order valence-electron chi connectivity index (χ1n) is 20.0. The predicted octanol–water partition coefficient (Wildman–Crippen LogP) is 13.3. The maximum Gasteiger partial charge on any atom is 0.301 e. The number of anilines is 4. The molecule has 0 amide bonds. The van der Waals surface area contributed by atoms with Gasteiger partial charge in [-0.15, -0.1) is 0 Å². The van der Waals surface area contributed by atoms with E-state index in [9.17, 15) is 0 Å². The molecule has 2 atom stereocenters. The Bertz CT molecular complexity index is 3130. The smallest absolute Gasteiger partial charge is 0.278 e. The lowest BCUT2D eigenvalue weighted by Gasteiger charge is -2.33. The highest BCUT2D eigenvalue weighted by atomic mass is 31.2. The van der Waals surface area contributed by atoms with Gasteiger partial charge in [-0.2, -0.15) is 0 Å². The Hall–Kier alpha value is -7.27. The number of para-hydroxylation sites is 3. The Morgan fingerprint density at radius 3 is 1.83 bits per heavy atom. The second-order valence-corrected chi connectivity index (χ2v) is 17.4. The van der Waals surface area contributed by atoms with Crippen molar-refractivity contribution in [1.82, 2.24) is 14.5 Å². The number of allylic oxidation sites excluding steroid dienone is 4. The van der Waals surface area contributed by atoms with E-state index >= 15 is 4.57 Å². The van der Waals surface area contributed by atoms with Crippen molar-refractivity contribution in [3.05, 3.63) is 218 Å². The largest absolute Gasteiger partial charge is 0.301 e.